The summed E-state index contributed by atoms with van der Waals surface area (Å²) >= 11 is 0. The van der Waals surface area contributed by atoms with Crippen molar-refractivity contribution < 1.29 is 13.6 Å². The van der Waals surface area contributed by atoms with Crippen molar-refractivity contribution >= 4 is 17.4 Å². The number of alkyl halides is 1. The maximum absolute atomic E-state index is 14.4. The van der Waals surface area contributed by atoms with E-state index in [2.05, 4.69) is 20.7 Å². The third kappa shape index (κ3) is 3.97. The van der Waals surface area contributed by atoms with E-state index >= 15 is 0 Å². The molecule has 2 aromatic heterocycles. The summed E-state index contributed by atoms with van der Waals surface area (Å²) in [6.45, 7) is 1.91. The molecule has 9 heteroatoms. The fourth-order valence-electron chi connectivity index (χ4n) is 4.47. The van der Waals surface area contributed by atoms with E-state index < -0.39 is 6.17 Å². The minimum Gasteiger partial charge on any atom is -0.348 e. The molecule has 2 aliphatic rings. The lowest BCUT2D eigenvalue weighted by Gasteiger charge is -2.26. The zero-order valence-electron chi connectivity index (χ0n) is 17.0. The fourth-order valence-corrected chi connectivity index (χ4v) is 4.47. The molecule has 3 aromatic rings. The van der Waals surface area contributed by atoms with Gasteiger partial charge < -0.3 is 15.5 Å². The quantitative estimate of drug-likeness (QED) is 0.671. The molecule has 2 N–H and O–H groups in total. The van der Waals surface area contributed by atoms with Gasteiger partial charge in [0.15, 0.2) is 11.3 Å². The first-order valence-electron chi connectivity index (χ1n) is 10.6. The maximum atomic E-state index is 14.4. The number of carbonyl (C=O) groups excluding carboxylic acids is 1. The number of fused-ring (bicyclic) bond motifs is 1. The van der Waals surface area contributed by atoms with E-state index in [1.165, 1.54) is 22.8 Å². The number of hydrogen-bond acceptors (Lipinski definition) is 5. The standard InChI is InChI=1S/C22H24F2N6O/c23-15-3-1-2-14(10-15)18-11-16(24)13-29(18)21-5-4-20-26-12-19(30(20)28-21)22(31)27-17-6-8-25-9-7-17/h1-5,10,12,16-18,25H,6-9,11,13H2,(H,27,31). The van der Waals surface area contributed by atoms with Crippen LogP contribution in [-0.2, 0) is 0 Å². The SMILES string of the molecule is O=C(NC1CCNCC1)c1cnc2ccc(N3CC(F)CC3c3cccc(F)c3)nn12. The summed E-state index contributed by atoms with van der Waals surface area (Å²) in [7, 11) is 0. The topological polar surface area (TPSA) is 74.6 Å². The second kappa shape index (κ2) is 8.22. The Bertz CT molecular complexity index is 1100. The number of hydrogen-bond donors (Lipinski definition) is 2. The van der Waals surface area contributed by atoms with Crippen LogP contribution in [0.3, 0.4) is 0 Å². The normalized spacial score (nSPS) is 22.2. The first-order chi connectivity index (χ1) is 15.1. The third-order valence-corrected chi connectivity index (χ3v) is 6.03. The Morgan fingerprint density at radius 1 is 1.19 bits per heavy atom. The minimum atomic E-state index is -1.05. The van der Waals surface area contributed by atoms with Gasteiger partial charge in [0.25, 0.3) is 5.91 Å². The lowest BCUT2D eigenvalue weighted by atomic mass is 10.0. The number of anilines is 1. The molecule has 0 radical (unpaired) electrons. The molecule has 2 fully saturated rings. The molecule has 2 aliphatic heterocycles. The summed E-state index contributed by atoms with van der Waals surface area (Å²) < 4.78 is 29.6. The molecule has 0 bridgehead atoms. The van der Waals surface area contributed by atoms with Gasteiger partial charge in [-0.1, -0.05) is 12.1 Å². The highest BCUT2D eigenvalue weighted by Crippen LogP contribution is 2.36. The molecule has 1 amide bonds. The second-order valence-electron chi connectivity index (χ2n) is 8.16. The Morgan fingerprint density at radius 2 is 2.03 bits per heavy atom. The summed E-state index contributed by atoms with van der Waals surface area (Å²) in [5.41, 5.74) is 1.59. The van der Waals surface area contributed by atoms with Crippen LogP contribution in [0.5, 0.6) is 0 Å². The van der Waals surface area contributed by atoms with Gasteiger partial charge in [-0.25, -0.2) is 18.3 Å². The molecule has 2 saturated heterocycles. The lowest BCUT2D eigenvalue weighted by Crippen LogP contribution is -2.43. The van der Waals surface area contributed by atoms with Gasteiger partial charge in [0, 0.05) is 12.5 Å². The second-order valence-corrected chi connectivity index (χ2v) is 8.16. The van der Waals surface area contributed by atoms with Gasteiger partial charge in [0.05, 0.1) is 18.8 Å². The molecule has 4 heterocycles. The van der Waals surface area contributed by atoms with Gasteiger partial charge in [-0.05, 0) is 55.8 Å². The van der Waals surface area contributed by atoms with Crippen LogP contribution in [0.25, 0.3) is 5.65 Å². The molecule has 7 nitrogen and oxygen atoms in total. The van der Waals surface area contributed by atoms with Crippen molar-refractivity contribution in [2.24, 2.45) is 0 Å². The first-order valence-corrected chi connectivity index (χ1v) is 10.6. The van der Waals surface area contributed by atoms with Crippen LogP contribution in [0, 0.1) is 5.82 Å². The summed E-state index contributed by atoms with van der Waals surface area (Å²) in [6, 6.07) is 9.55. The Labute approximate surface area is 178 Å². The molecule has 0 aliphatic carbocycles. The van der Waals surface area contributed by atoms with Crippen molar-refractivity contribution in [3.8, 4) is 0 Å². The molecule has 0 saturated carbocycles. The number of benzene rings is 1. The monoisotopic (exact) mass is 426 g/mol. The lowest BCUT2D eigenvalue weighted by molar-refractivity contribution is 0.0922. The number of rotatable bonds is 4. The number of aromatic nitrogens is 3. The van der Waals surface area contributed by atoms with Crippen LogP contribution in [0.4, 0.5) is 14.6 Å². The number of carbonyl (C=O) groups is 1. The van der Waals surface area contributed by atoms with E-state index in [0.29, 0.717) is 22.7 Å². The van der Waals surface area contributed by atoms with Crippen LogP contribution < -0.4 is 15.5 Å². The van der Waals surface area contributed by atoms with Crippen molar-refractivity contribution in [2.45, 2.75) is 37.5 Å². The van der Waals surface area contributed by atoms with Crippen LogP contribution >= 0.6 is 0 Å². The molecular weight excluding hydrogens is 402 g/mol. The molecule has 1 aromatic carbocycles. The zero-order valence-corrected chi connectivity index (χ0v) is 17.0. The Balaban J connectivity index is 1.44. The number of nitrogens with one attached hydrogen (secondary N) is 2. The van der Waals surface area contributed by atoms with E-state index in [-0.39, 0.29) is 36.8 Å². The number of piperidine rings is 1. The highest BCUT2D eigenvalue weighted by Gasteiger charge is 2.34. The molecule has 31 heavy (non-hydrogen) atoms. The van der Waals surface area contributed by atoms with Crippen LogP contribution in [0.15, 0.2) is 42.6 Å². The predicted molar refractivity (Wildman–Crippen MR) is 112 cm³/mol. The molecule has 162 valence electrons. The highest BCUT2D eigenvalue weighted by molar-refractivity contribution is 5.93. The highest BCUT2D eigenvalue weighted by atomic mass is 19.1. The van der Waals surface area contributed by atoms with E-state index in [4.69, 9.17) is 0 Å². The molecule has 2 unspecified atom stereocenters. The number of nitrogens with zero attached hydrogens (tertiary/aromatic N) is 4. The fraction of sp³-hybridized carbons (Fsp3) is 0.409. The summed E-state index contributed by atoms with van der Waals surface area (Å²) in [5.74, 6) is -0.0546. The van der Waals surface area contributed by atoms with Gasteiger partial charge in [0.1, 0.15) is 17.8 Å². The van der Waals surface area contributed by atoms with Crippen LogP contribution in [0.1, 0.15) is 41.4 Å². The van der Waals surface area contributed by atoms with Crippen LogP contribution in [-0.4, -0.2) is 52.4 Å². The summed E-state index contributed by atoms with van der Waals surface area (Å²) in [6.07, 6.45) is 2.48. The Hall–Kier alpha value is -3.07. The van der Waals surface area contributed by atoms with Crippen molar-refractivity contribution in [3.05, 3.63) is 59.7 Å². The van der Waals surface area contributed by atoms with Crippen LogP contribution in [0.2, 0.25) is 0 Å². The summed E-state index contributed by atoms with van der Waals surface area (Å²) in [5, 5.41) is 10.9. The number of imidazole rings is 1. The van der Waals surface area contributed by atoms with Gasteiger partial charge >= 0.3 is 0 Å². The molecule has 2 atom stereocenters. The van der Waals surface area contributed by atoms with Gasteiger partial charge in [-0.2, -0.15) is 0 Å². The maximum Gasteiger partial charge on any atom is 0.271 e. The van der Waals surface area contributed by atoms with Crippen molar-refractivity contribution in [2.75, 3.05) is 24.5 Å². The average molecular weight is 426 g/mol. The predicted octanol–water partition coefficient (Wildman–Crippen LogP) is 2.64. The summed E-state index contributed by atoms with van der Waals surface area (Å²) in [4.78, 5) is 19.0. The molecular formula is C22H24F2N6O. The smallest absolute Gasteiger partial charge is 0.271 e. The van der Waals surface area contributed by atoms with Crippen molar-refractivity contribution in [1.29, 1.82) is 0 Å². The van der Waals surface area contributed by atoms with E-state index in [1.807, 2.05) is 4.90 Å². The number of amides is 1. The Kier molecular flexibility index (Phi) is 5.27. The van der Waals surface area contributed by atoms with E-state index in [1.54, 1.807) is 24.3 Å². The largest absolute Gasteiger partial charge is 0.348 e. The number of halogens is 2. The Morgan fingerprint density at radius 3 is 2.84 bits per heavy atom. The van der Waals surface area contributed by atoms with Gasteiger partial charge in [0.2, 0.25) is 0 Å². The molecule has 0 spiro atoms. The van der Waals surface area contributed by atoms with Crippen molar-refractivity contribution in [1.82, 2.24) is 25.2 Å². The van der Waals surface area contributed by atoms with E-state index in [0.717, 1.165) is 25.9 Å². The molecule has 5 rings (SSSR count). The van der Waals surface area contributed by atoms with Gasteiger partial charge in [-0.3, -0.25) is 4.79 Å². The third-order valence-electron chi connectivity index (χ3n) is 6.03. The van der Waals surface area contributed by atoms with Crippen molar-refractivity contribution in [3.63, 3.8) is 0 Å². The van der Waals surface area contributed by atoms with E-state index in [9.17, 15) is 13.6 Å². The first kappa shape index (κ1) is 19.9. The zero-order chi connectivity index (χ0) is 21.4. The van der Waals surface area contributed by atoms with Gasteiger partial charge in [-0.15, -0.1) is 5.10 Å². The minimum absolute atomic E-state index is 0.116. The average Bonchev–Trinajstić information content (AvgIpc) is 3.37.